The van der Waals surface area contributed by atoms with Crippen molar-refractivity contribution < 1.29 is 14.3 Å². The largest absolute Gasteiger partial charge is 0.469 e. The van der Waals surface area contributed by atoms with Gasteiger partial charge in [0.1, 0.15) is 0 Å². The number of rotatable bonds is 4. The van der Waals surface area contributed by atoms with Crippen LogP contribution in [0.25, 0.3) is 0 Å². The van der Waals surface area contributed by atoms with Crippen molar-refractivity contribution in [1.82, 2.24) is 15.1 Å². The number of aliphatic imine (C=N–C) groups is 1. The lowest BCUT2D eigenvalue weighted by molar-refractivity contribution is -0.145. The quantitative estimate of drug-likeness (QED) is 0.291. The Morgan fingerprint density at radius 2 is 2.12 bits per heavy atom. The summed E-state index contributed by atoms with van der Waals surface area (Å²) in [6.45, 7) is 9.70. The number of likely N-dealkylation sites (N-methyl/N-ethyl adjacent to an activating group) is 1. The molecule has 0 amide bonds. The Morgan fingerprint density at radius 3 is 2.75 bits per heavy atom. The van der Waals surface area contributed by atoms with Crippen LogP contribution in [0.4, 0.5) is 0 Å². The first kappa shape index (κ1) is 21.4. The molecule has 2 aliphatic rings. The van der Waals surface area contributed by atoms with E-state index in [-0.39, 0.29) is 47.9 Å². The highest BCUT2D eigenvalue weighted by Crippen LogP contribution is 2.24. The Labute approximate surface area is 162 Å². The van der Waals surface area contributed by atoms with Gasteiger partial charge in [0.2, 0.25) is 0 Å². The maximum atomic E-state index is 11.9. The van der Waals surface area contributed by atoms with Crippen LogP contribution in [0.1, 0.15) is 13.8 Å². The maximum absolute atomic E-state index is 11.9. The van der Waals surface area contributed by atoms with E-state index in [0.29, 0.717) is 13.1 Å². The molecule has 0 aromatic rings. The third kappa shape index (κ3) is 5.73. The summed E-state index contributed by atoms with van der Waals surface area (Å²) in [5, 5.41) is 3.33. The minimum atomic E-state index is -0.131. The second-order valence-corrected chi connectivity index (χ2v) is 6.46. The molecular weight excluding hydrogens is 423 g/mol. The zero-order valence-corrected chi connectivity index (χ0v) is 17.5. The third-order valence-electron chi connectivity index (χ3n) is 4.54. The minimum absolute atomic E-state index is 0. The number of morpholine rings is 1. The molecule has 0 saturated carbocycles. The Hall–Kier alpha value is -0.610. The molecule has 7 nitrogen and oxygen atoms in total. The van der Waals surface area contributed by atoms with Gasteiger partial charge in [0.15, 0.2) is 5.96 Å². The summed E-state index contributed by atoms with van der Waals surface area (Å²) in [5.41, 5.74) is 0. The number of hydrogen-bond acceptors (Lipinski definition) is 5. The number of carbonyl (C=O) groups excluding carboxylic acids is 1. The topological polar surface area (TPSA) is 66.4 Å². The zero-order valence-electron chi connectivity index (χ0n) is 15.2. The van der Waals surface area contributed by atoms with E-state index in [1.807, 2.05) is 0 Å². The molecule has 1 N–H and O–H groups in total. The summed E-state index contributed by atoms with van der Waals surface area (Å²) in [6, 6.07) is 0. The summed E-state index contributed by atoms with van der Waals surface area (Å²) >= 11 is 0. The van der Waals surface area contributed by atoms with Crippen molar-refractivity contribution in [1.29, 1.82) is 0 Å². The molecule has 2 heterocycles. The first-order valence-corrected chi connectivity index (χ1v) is 8.46. The molecule has 0 bridgehead atoms. The smallest absolute Gasteiger partial charge is 0.310 e. The molecule has 3 unspecified atom stereocenters. The average Bonchev–Trinajstić information content (AvgIpc) is 2.92. The van der Waals surface area contributed by atoms with Gasteiger partial charge in [0, 0.05) is 32.7 Å². The summed E-state index contributed by atoms with van der Waals surface area (Å²) in [7, 11) is 3.56. The lowest BCUT2D eigenvalue weighted by Crippen LogP contribution is -2.44. The highest BCUT2D eigenvalue weighted by Gasteiger charge is 2.37. The molecule has 140 valence electrons. The van der Waals surface area contributed by atoms with Crippen molar-refractivity contribution in [3.8, 4) is 0 Å². The molecule has 0 aliphatic carbocycles. The number of likely N-dealkylation sites (tertiary alicyclic amines) is 1. The van der Waals surface area contributed by atoms with Gasteiger partial charge in [-0.05, 0) is 19.9 Å². The van der Waals surface area contributed by atoms with Crippen molar-refractivity contribution >= 4 is 35.9 Å². The number of nitrogens with zero attached hydrogens (tertiary/aromatic N) is 3. The Morgan fingerprint density at radius 1 is 1.38 bits per heavy atom. The van der Waals surface area contributed by atoms with Crippen molar-refractivity contribution in [3.05, 3.63) is 0 Å². The van der Waals surface area contributed by atoms with Crippen LogP contribution in [-0.2, 0) is 14.3 Å². The van der Waals surface area contributed by atoms with Crippen molar-refractivity contribution in [3.63, 3.8) is 0 Å². The number of methoxy groups -OCH3 is 1. The van der Waals surface area contributed by atoms with Crippen molar-refractivity contribution in [2.75, 3.05) is 60.0 Å². The molecule has 2 aliphatic heterocycles. The summed E-state index contributed by atoms with van der Waals surface area (Å²) in [5.74, 6) is 0.917. The van der Waals surface area contributed by atoms with E-state index >= 15 is 0 Å². The predicted molar refractivity (Wildman–Crippen MR) is 105 cm³/mol. The van der Waals surface area contributed by atoms with E-state index in [9.17, 15) is 4.79 Å². The second-order valence-electron chi connectivity index (χ2n) is 6.46. The summed E-state index contributed by atoms with van der Waals surface area (Å²) < 4.78 is 10.7. The third-order valence-corrected chi connectivity index (χ3v) is 4.54. The molecule has 0 aromatic heterocycles. The second kappa shape index (κ2) is 10.4. The minimum Gasteiger partial charge on any atom is -0.469 e. The lowest BCUT2D eigenvalue weighted by atomic mass is 9.99. The predicted octanol–water partition coefficient (Wildman–Crippen LogP) is 0.641. The normalized spacial score (nSPS) is 28.4. The van der Waals surface area contributed by atoms with E-state index in [4.69, 9.17) is 14.5 Å². The fraction of sp³-hybridized carbons (Fsp3) is 0.875. The first-order valence-electron chi connectivity index (χ1n) is 8.46. The van der Waals surface area contributed by atoms with Gasteiger partial charge in [0.05, 0.1) is 32.3 Å². The fourth-order valence-electron chi connectivity index (χ4n) is 3.19. The molecule has 0 aromatic carbocycles. The number of ether oxygens (including phenoxy) is 2. The fourth-order valence-corrected chi connectivity index (χ4v) is 3.19. The number of guanidine groups is 1. The van der Waals surface area contributed by atoms with Crippen LogP contribution in [-0.4, -0.2) is 87.9 Å². The van der Waals surface area contributed by atoms with E-state index in [2.05, 4.69) is 36.0 Å². The molecule has 8 heteroatoms. The molecule has 0 radical (unpaired) electrons. The van der Waals surface area contributed by atoms with Gasteiger partial charge < -0.3 is 24.6 Å². The summed E-state index contributed by atoms with van der Waals surface area (Å²) in [4.78, 5) is 21.0. The standard InChI is InChI=1S/C16H30N4O3.HI/c1-5-17-16(18-8-13-10-19(3)6-7-23-13)20-9-12(2)14(11-20)15(21)22-4;/h12-14H,5-11H2,1-4H3,(H,17,18);1H. The van der Waals surface area contributed by atoms with Crippen LogP contribution < -0.4 is 5.32 Å². The van der Waals surface area contributed by atoms with E-state index in [0.717, 1.165) is 38.7 Å². The SMILES string of the molecule is CCNC(=NCC1CN(C)CCO1)N1CC(C)C(C(=O)OC)C1.I. The highest BCUT2D eigenvalue weighted by molar-refractivity contribution is 14.0. The van der Waals surface area contributed by atoms with Crippen molar-refractivity contribution in [2.24, 2.45) is 16.8 Å². The Bertz CT molecular complexity index is 436. The van der Waals surface area contributed by atoms with Gasteiger partial charge in [-0.1, -0.05) is 6.92 Å². The monoisotopic (exact) mass is 454 g/mol. The Balaban J connectivity index is 0.00000288. The number of nitrogens with one attached hydrogen (secondary N) is 1. The zero-order chi connectivity index (χ0) is 16.8. The van der Waals surface area contributed by atoms with Crippen LogP contribution in [0.2, 0.25) is 0 Å². The molecule has 3 atom stereocenters. The van der Waals surface area contributed by atoms with Crippen LogP contribution in [0.5, 0.6) is 0 Å². The molecule has 2 fully saturated rings. The maximum Gasteiger partial charge on any atom is 0.310 e. The van der Waals surface area contributed by atoms with Crippen LogP contribution >= 0.6 is 24.0 Å². The van der Waals surface area contributed by atoms with Crippen LogP contribution in [0.3, 0.4) is 0 Å². The van der Waals surface area contributed by atoms with Gasteiger partial charge in [-0.15, -0.1) is 24.0 Å². The lowest BCUT2D eigenvalue weighted by Gasteiger charge is -2.29. The van der Waals surface area contributed by atoms with E-state index < -0.39 is 0 Å². The van der Waals surface area contributed by atoms with Gasteiger partial charge in [-0.3, -0.25) is 9.79 Å². The molecule has 24 heavy (non-hydrogen) atoms. The first-order chi connectivity index (χ1) is 11.0. The number of hydrogen-bond donors (Lipinski definition) is 1. The number of halogens is 1. The van der Waals surface area contributed by atoms with Crippen LogP contribution in [0, 0.1) is 11.8 Å². The molecule has 2 saturated heterocycles. The molecular formula is C16H31IN4O3. The van der Waals surface area contributed by atoms with E-state index in [1.54, 1.807) is 0 Å². The van der Waals surface area contributed by atoms with Gasteiger partial charge >= 0.3 is 5.97 Å². The van der Waals surface area contributed by atoms with Gasteiger partial charge in [-0.25, -0.2) is 0 Å². The van der Waals surface area contributed by atoms with Gasteiger partial charge in [0.25, 0.3) is 0 Å². The Kier molecular flexibility index (Phi) is 9.28. The molecule has 0 spiro atoms. The number of carbonyl (C=O) groups is 1. The highest BCUT2D eigenvalue weighted by atomic mass is 127. The van der Waals surface area contributed by atoms with Gasteiger partial charge in [-0.2, -0.15) is 0 Å². The van der Waals surface area contributed by atoms with Crippen LogP contribution in [0.15, 0.2) is 4.99 Å². The molecule has 2 rings (SSSR count). The number of esters is 1. The summed E-state index contributed by atoms with van der Waals surface area (Å²) in [6.07, 6.45) is 0.138. The average molecular weight is 454 g/mol. The van der Waals surface area contributed by atoms with E-state index in [1.165, 1.54) is 7.11 Å². The van der Waals surface area contributed by atoms with Crippen molar-refractivity contribution in [2.45, 2.75) is 20.0 Å².